The average Bonchev–Trinajstić information content (AvgIpc) is 2.38. The van der Waals surface area contributed by atoms with Crippen LogP contribution in [0.15, 0.2) is 18.2 Å². The van der Waals surface area contributed by atoms with Crippen molar-refractivity contribution in [2.75, 3.05) is 31.1 Å². The van der Waals surface area contributed by atoms with E-state index < -0.39 is 0 Å². The first-order chi connectivity index (χ1) is 8.65. The van der Waals surface area contributed by atoms with Crippen molar-refractivity contribution in [2.24, 2.45) is 0 Å². The topological polar surface area (TPSA) is 23.6 Å². The van der Waals surface area contributed by atoms with Gasteiger partial charge in [-0.25, -0.2) is 0 Å². The van der Waals surface area contributed by atoms with Crippen LogP contribution in [0.25, 0.3) is 0 Å². The van der Waals surface area contributed by atoms with E-state index in [2.05, 4.69) is 23.6 Å². The van der Waals surface area contributed by atoms with Crippen molar-refractivity contribution >= 4 is 23.6 Å². The lowest BCUT2D eigenvalue weighted by atomic mass is 10.1. The number of nitrogens with zero attached hydrogens (tertiary/aromatic N) is 2. The number of benzene rings is 1. The zero-order chi connectivity index (χ0) is 13.1. The Labute approximate surface area is 113 Å². The first-order valence-corrected chi connectivity index (χ1v) is 6.77. The van der Waals surface area contributed by atoms with Crippen LogP contribution in [0.3, 0.4) is 0 Å². The normalized spacial score (nSPS) is 21.1. The van der Waals surface area contributed by atoms with E-state index >= 15 is 0 Å². The molecule has 0 amide bonds. The molecule has 0 radical (unpaired) electrons. The number of likely N-dealkylation sites (N-methyl/N-ethyl adjacent to an activating group) is 1. The van der Waals surface area contributed by atoms with E-state index in [0.29, 0.717) is 16.6 Å². The molecule has 1 heterocycles. The van der Waals surface area contributed by atoms with E-state index in [1.54, 1.807) is 6.07 Å². The number of hydrogen-bond acceptors (Lipinski definition) is 3. The minimum Gasteiger partial charge on any atom is -0.367 e. The van der Waals surface area contributed by atoms with Gasteiger partial charge in [0.25, 0.3) is 0 Å². The highest BCUT2D eigenvalue weighted by Gasteiger charge is 2.23. The summed E-state index contributed by atoms with van der Waals surface area (Å²) in [5.74, 6) is 0. The van der Waals surface area contributed by atoms with Crippen molar-refractivity contribution in [3.05, 3.63) is 28.8 Å². The number of aldehydes is 1. The van der Waals surface area contributed by atoms with Crippen molar-refractivity contribution in [2.45, 2.75) is 19.9 Å². The summed E-state index contributed by atoms with van der Waals surface area (Å²) in [6.07, 6.45) is 0.827. The highest BCUT2D eigenvalue weighted by molar-refractivity contribution is 6.33. The maximum Gasteiger partial charge on any atom is 0.150 e. The molecule has 1 atom stereocenters. The number of hydrogen-bond donors (Lipinski definition) is 0. The Kier molecular flexibility index (Phi) is 4.25. The maximum absolute atomic E-state index is 10.7. The second-order valence-corrected chi connectivity index (χ2v) is 5.16. The molecule has 18 heavy (non-hydrogen) atoms. The van der Waals surface area contributed by atoms with Crippen molar-refractivity contribution in [3.63, 3.8) is 0 Å². The minimum atomic E-state index is 0.533. The molecule has 1 aromatic rings. The van der Waals surface area contributed by atoms with Crippen molar-refractivity contribution < 1.29 is 4.79 Å². The van der Waals surface area contributed by atoms with Crippen LogP contribution >= 0.6 is 11.6 Å². The molecule has 0 aliphatic carbocycles. The molecule has 1 fully saturated rings. The molecule has 0 saturated carbocycles. The molecule has 0 bridgehead atoms. The Morgan fingerprint density at radius 3 is 2.78 bits per heavy atom. The number of halogens is 1. The molecule has 0 N–H and O–H groups in total. The van der Waals surface area contributed by atoms with Gasteiger partial charge in [0, 0.05) is 31.2 Å². The molecule has 1 aliphatic rings. The zero-order valence-corrected chi connectivity index (χ0v) is 11.7. The van der Waals surface area contributed by atoms with Gasteiger partial charge < -0.3 is 4.90 Å². The number of piperazine rings is 1. The molecule has 4 heteroatoms. The Bertz CT molecular complexity index is 436. The fourth-order valence-electron chi connectivity index (χ4n) is 2.54. The van der Waals surface area contributed by atoms with Gasteiger partial charge in [-0.2, -0.15) is 0 Å². The molecular weight excluding hydrogens is 248 g/mol. The molecule has 1 saturated heterocycles. The highest BCUT2D eigenvalue weighted by atomic mass is 35.5. The molecule has 1 unspecified atom stereocenters. The average molecular weight is 267 g/mol. The SMILES string of the molecule is CCN1CCN(c2ccc(C=O)cc2Cl)CC1C. The summed E-state index contributed by atoms with van der Waals surface area (Å²) in [5, 5.41) is 0.664. The number of carbonyl (C=O) groups excluding carboxylic acids is 1. The quantitative estimate of drug-likeness (QED) is 0.786. The predicted octanol–water partition coefficient (Wildman–Crippen LogP) is 2.68. The lowest BCUT2D eigenvalue weighted by molar-refractivity contribution is 0.112. The second kappa shape index (κ2) is 5.72. The molecule has 1 aliphatic heterocycles. The van der Waals surface area contributed by atoms with E-state index in [1.807, 2.05) is 12.1 Å². The number of anilines is 1. The van der Waals surface area contributed by atoms with Crippen LogP contribution < -0.4 is 4.90 Å². The van der Waals surface area contributed by atoms with Gasteiger partial charge in [0.05, 0.1) is 10.7 Å². The Morgan fingerprint density at radius 2 is 2.22 bits per heavy atom. The molecule has 1 aromatic carbocycles. The summed E-state index contributed by atoms with van der Waals surface area (Å²) in [7, 11) is 0. The van der Waals surface area contributed by atoms with Gasteiger partial charge in [-0.15, -0.1) is 0 Å². The summed E-state index contributed by atoms with van der Waals surface area (Å²) in [5.41, 5.74) is 1.66. The third kappa shape index (κ3) is 2.68. The van der Waals surface area contributed by atoms with Crippen LogP contribution in [0, 0.1) is 0 Å². The molecule has 3 nitrogen and oxygen atoms in total. The number of carbonyl (C=O) groups is 1. The van der Waals surface area contributed by atoms with Crippen LogP contribution in [0.2, 0.25) is 5.02 Å². The molecular formula is C14H19ClN2O. The smallest absolute Gasteiger partial charge is 0.150 e. The minimum absolute atomic E-state index is 0.533. The Hall–Kier alpha value is -1.06. The summed E-state index contributed by atoms with van der Waals surface area (Å²) in [6, 6.07) is 6.04. The third-order valence-corrected chi connectivity index (χ3v) is 3.92. The van der Waals surface area contributed by atoms with Gasteiger partial charge in [0.1, 0.15) is 6.29 Å². The second-order valence-electron chi connectivity index (χ2n) is 4.75. The summed E-state index contributed by atoms with van der Waals surface area (Å²) in [6.45, 7) is 8.55. The Balaban J connectivity index is 2.15. The van der Waals surface area contributed by atoms with E-state index in [4.69, 9.17) is 11.6 Å². The third-order valence-electron chi connectivity index (χ3n) is 3.62. The lowest BCUT2D eigenvalue weighted by Crippen LogP contribution is -2.51. The molecule has 2 rings (SSSR count). The zero-order valence-electron chi connectivity index (χ0n) is 10.9. The molecule has 0 aromatic heterocycles. The highest BCUT2D eigenvalue weighted by Crippen LogP contribution is 2.28. The van der Waals surface area contributed by atoms with Crippen LogP contribution in [0.4, 0.5) is 5.69 Å². The Morgan fingerprint density at radius 1 is 1.44 bits per heavy atom. The van der Waals surface area contributed by atoms with E-state index in [1.165, 1.54) is 0 Å². The van der Waals surface area contributed by atoms with Gasteiger partial charge in [-0.05, 0) is 31.7 Å². The van der Waals surface area contributed by atoms with Crippen LogP contribution in [-0.4, -0.2) is 43.4 Å². The molecule has 0 spiro atoms. The van der Waals surface area contributed by atoms with Gasteiger partial charge in [0.2, 0.25) is 0 Å². The largest absolute Gasteiger partial charge is 0.367 e. The lowest BCUT2D eigenvalue weighted by Gasteiger charge is -2.40. The molecule has 98 valence electrons. The first-order valence-electron chi connectivity index (χ1n) is 6.39. The van der Waals surface area contributed by atoms with Crippen LogP contribution in [-0.2, 0) is 0 Å². The summed E-state index contributed by atoms with van der Waals surface area (Å²) in [4.78, 5) is 15.5. The standard InChI is InChI=1S/C14H19ClN2O/c1-3-16-6-7-17(9-11(16)2)14-5-4-12(10-18)8-13(14)15/h4-5,8,10-11H,3,6-7,9H2,1-2H3. The van der Waals surface area contributed by atoms with Gasteiger partial charge in [-0.3, -0.25) is 9.69 Å². The summed E-state index contributed by atoms with van der Waals surface area (Å²) < 4.78 is 0. The van der Waals surface area contributed by atoms with Gasteiger partial charge in [-0.1, -0.05) is 18.5 Å². The summed E-state index contributed by atoms with van der Waals surface area (Å²) >= 11 is 6.25. The fourth-order valence-corrected chi connectivity index (χ4v) is 2.85. The van der Waals surface area contributed by atoms with Crippen molar-refractivity contribution in [1.29, 1.82) is 0 Å². The monoisotopic (exact) mass is 266 g/mol. The van der Waals surface area contributed by atoms with E-state index in [-0.39, 0.29) is 0 Å². The predicted molar refractivity (Wildman–Crippen MR) is 75.8 cm³/mol. The van der Waals surface area contributed by atoms with Crippen molar-refractivity contribution in [3.8, 4) is 0 Å². The van der Waals surface area contributed by atoms with Crippen LogP contribution in [0.5, 0.6) is 0 Å². The van der Waals surface area contributed by atoms with Crippen molar-refractivity contribution in [1.82, 2.24) is 4.90 Å². The number of rotatable bonds is 3. The van der Waals surface area contributed by atoms with Crippen LogP contribution in [0.1, 0.15) is 24.2 Å². The maximum atomic E-state index is 10.7. The van der Waals surface area contributed by atoms with E-state index in [9.17, 15) is 4.79 Å². The van der Waals surface area contributed by atoms with E-state index in [0.717, 1.165) is 38.2 Å². The van der Waals surface area contributed by atoms with Gasteiger partial charge >= 0.3 is 0 Å². The first kappa shape index (κ1) is 13.4. The van der Waals surface area contributed by atoms with Gasteiger partial charge in [0.15, 0.2) is 0 Å². The fraction of sp³-hybridized carbons (Fsp3) is 0.500.